The Morgan fingerprint density at radius 3 is 2.70 bits per heavy atom. The lowest BCUT2D eigenvalue weighted by atomic mass is 10.2. The topological polar surface area (TPSA) is 66.6 Å². The summed E-state index contributed by atoms with van der Waals surface area (Å²) in [6.45, 7) is 6.92. The minimum absolute atomic E-state index is 0.245. The van der Waals surface area contributed by atoms with E-state index in [9.17, 15) is 4.79 Å². The summed E-state index contributed by atoms with van der Waals surface area (Å²) in [6, 6.07) is 0. The van der Waals surface area contributed by atoms with Crippen LogP contribution in [0, 0.1) is 0 Å². The number of aryl methyl sites for hydroxylation is 1. The molecule has 3 heterocycles. The molecular formula is C15H22N6OS. The molecule has 8 heteroatoms. The average molecular weight is 334 g/mol. The van der Waals surface area contributed by atoms with Gasteiger partial charge in [-0.15, -0.1) is 10.2 Å². The molecule has 1 aliphatic carbocycles. The number of carbonyl (C=O) groups is 1. The van der Waals surface area contributed by atoms with Crippen LogP contribution < -0.4 is 0 Å². The van der Waals surface area contributed by atoms with Crippen LogP contribution in [-0.2, 0) is 11.2 Å². The quantitative estimate of drug-likeness (QED) is 0.821. The number of hydrogen-bond acceptors (Lipinski definition) is 6. The van der Waals surface area contributed by atoms with E-state index < -0.39 is 0 Å². The molecule has 0 radical (unpaired) electrons. The van der Waals surface area contributed by atoms with Crippen LogP contribution in [0.3, 0.4) is 0 Å². The van der Waals surface area contributed by atoms with Crippen LogP contribution in [0.1, 0.15) is 42.9 Å². The summed E-state index contributed by atoms with van der Waals surface area (Å²) >= 11 is 1.56. The molecule has 124 valence electrons. The Hall–Kier alpha value is -1.54. The molecule has 0 unspecified atom stereocenters. The van der Waals surface area contributed by atoms with E-state index in [-0.39, 0.29) is 5.91 Å². The maximum Gasteiger partial charge on any atom is 0.234 e. The summed E-state index contributed by atoms with van der Waals surface area (Å²) in [4.78, 5) is 17.6. The van der Waals surface area contributed by atoms with Gasteiger partial charge in [-0.2, -0.15) is 9.61 Å². The summed E-state index contributed by atoms with van der Waals surface area (Å²) in [5.74, 6) is 1.77. The fraction of sp³-hybridized carbons (Fsp3) is 0.733. The van der Waals surface area contributed by atoms with Gasteiger partial charge in [-0.05, 0) is 19.4 Å². The molecule has 1 saturated carbocycles. The van der Waals surface area contributed by atoms with Gasteiger partial charge in [0.15, 0.2) is 5.82 Å². The number of amides is 1. The maximum atomic E-state index is 12.4. The largest absolute Gasteiger partial charge is 0.340 e. The van der Waals surface area contributed by atoms with Crippen LogP contribution in [0.4, 0.5) is 0 Å². The first-order valence-electron chi connectivity index (χ1n) is 8.45. The fourth-order valence-corrected chi connectivity index (χ4v) is 3.89. The highest BCUT2D eigenvalue weighted by Crippen LogP contribution is 2.39. The van der Waals surface area contributed by atoms with Crippen molar-refractivity contribution in [2.24, 2.45) is 0 Å². The highest BCUT2D eigenvalue weighted by molar-refractivity contribution is 7.16. The van der Waals surface area contributed by atoms with Crippen molar-refractivity contribution >= 4 is 22.2 Å². The number of aromatic nitrogens is 4. The predicted octanol–water partition coefficient (Wildman–Crippen LogP) is 1.16. The van der Waals surface area contributed by atoms with Gasteiger partial charge in [-0.25, -0.2) is 0 Å². The van der Waals surface area contributed by atoms with Crippen molar-refractivity contribution in [1.29, 1.82) is 0 Å². The van der Waals surface area contributed by atoms with Gasteiger partial charge in [0.25, 0.3) is 0 Å². The molecular weight excluding hydrogens is 312 g/mol. The molecule has 0 aromatic carbocycles. The van der Waals surface area contributed by atoms with Crippen LogP contribution in [0.2, 0.25) is 0 Å². The summed E-state index contributed by atoms with van der Waals surface area (Å²) in [6.07, 6.45) is 3.62. The summed E-state index contributed by atoms with van der Waals surface area (Å²) in [7, 11) is 0. The minimum Gasteiger partial charge on any atom is -0.340 e. The van der Waals surface area contributed by atoms with Gasteiger partial charge in [0.05, 0.1) is 0 Å². The number of rotatable bonds is 5. The van der Waals surface area contributed by atoms with E-state index in [1.165, 1.54) is 12.8 Å². The lowest BCUT2D eigenvalue weighted by Crippen LogP contribution is -2.48. The first kappa shape index (κ1) is 15.0. The second-order valence-corrected chi connectivity index (χ2v) is 7.38. The maximum absolute atomic E-state index is 12.4. The third-order valence-corrected chi connectivity index (χ3v) is 5.68. The van der Waals surface area contributed by atoms with E-state index >= 15 is 0 Å². The number of likely N-dealkylation sites (N-methyl/N-ethyl adjacent to an activating group) is 1. The minimum atomic E-state index is 0.245. The summed E-state index contributed by atoms with van der Waals surface area (Å²) < 4.78 is 1.88. The molecule has 0 N–H and O–H groups in total. The van der Waals surface area contributed by atoms with Gasteiger partial charge in [0, 0.05) is 44.9 Å². The predicted molar refractivity (Wildman–Crippen MR) is 87.6 cm³/mol. The monoisotopic (exact) mass is 334 g/mol. The lowest BCUT2D eigenvalue weighted by molar-refractivity contribution is -0.132. The normalized spacial score (nSPS) is 19.6. The number of fused-ring (bicyclic) bond motifs is 1. The van der Waals surface area contributed by atoms with Gasteiger partial charge in [-0.1, -0.05) is 18.3 Å². The Morgan fingerprint density at radius 2 is 2.00 bits per heavy atom. The van der Waals surface area contributed by atoms with Gasteiger partial charge in [0.1, 0.15) is 5.01 Å². The first-order chi connectivity index (χ1) is 11.2. The van der Waals surface area contributed by atoms with Gasteiger partial charge < -0.3 is 9.80 Å². The van der Waals surface area contributed by atoms with Crippen molar-refractivity contribution < 1.29 is 4.79 Å². The summed E-state index contributed by atoms with van der Waals surface area (Å²) in [5.41, 5.74) is 0. The van der Waals surface area contributed by atoms with E-state index in [1.807, 2.05) is 9.42 Å². The smallest absolute Gasteiger partial charge is 0.234 e. The molecule has 2 aromatic rings. The SMILES string of the molecule is CCN1CCN(C(=O)CCc2nn3c(C4CC4)nnc3s2)CC1. The molecule has 2 aliphatic rings. The molecule has 1 amide bonds. The fourth-order valence-electron chi connectivity index (χ4n) is 3.05. The van der Waals surface area contributed by atoms with Crippen LogP contribution >= 0.6 is 11.3 Å². The van der Waals surface area contributed by atoms with Gasteiger partial charge in [0.2, 0.25) is 10.9 Å². The molecule has 0 spiro atoms. The summed E-state index contributed by atoms with van der Waals surface area (Å²) in [5, 5.41) is 14.0. The van der Waals surface area contributed by atoms with E-state index in [2.05, 4.69) is 27.1 Å². The van der Waals surface area contributed by atoms with Crippen molar-refractivity contribution in [2.75, 3.05) is 32.7 Å². The third-order valence-electron chi connectivity index (χ3n) is 4.72. The zero-order valence-electron chi connectivity index (χ0n) is 13.4. The number of carbonyl (C=O) groups excluding carboxylic acids is 1. The van der Waals surface area contributed by atoms with E-state index in [1.54, 1.807) is 11.3 Å². The van der Waals surface area contributed by atoms with Crippen molar-refractivity contribution in [2.45, 2.75) is 38.5 Å². The Labute approximate surface area is 139 Å². The van der Waals surface area contributed by atoms with Gasteiger partial charge >= 0.3 is 0 Å². The molecule has 0 atom stereocenters. The first-order valence-corrected chi connectivity index (χ1v) is 9.27. The molecule has 7 nitrogen and oxygen atoms in total. The second-order valence-electron chi connectivity index (χ2n) is 6.34. The lowest BCUT2D eigenvalue weighted by Gasteiger charge is -2.34. The molecule has 1 saturated heterocycles. The Morgan fingerprint density at radius 1 is 1.22 bits per heavy atom. The van der Waals surface area contributed by atoms with E-state index in [0.29, 0.717) is 18.8 Å². The molecule has 23 heavy (non-hydrogen) atoms. The molecule has 2 fully saturated rings. The number of piperazine rings is 1. The molecule has 4 rings (SSSR count). The highest BCUT2D eigenvalue weighted by atomic mass is 32.1. The van der Waals surface area contributed by atoms with Crippen molar-refractivity contribution in [1.82, 2.24) is 29.6 Å². The molecule has 0 bridgehead atoms. The molecule has 2 aromatic heterocycles. The van der Waals surface area contributed by atoms with Crippen LogP contribution in [0.5, 0.6) is 0 Å². The van der Waals surface area contributed by atoms with Crippen LogP contribution in [0.15, 0.2) is 0 Å². The average Bonchev–Trinajstić information content (AvgIpc) is 3.22. The second kappa shape index (κ2) is 6.16. The molecule has 1 aliphatic heterocycles. The zero-order chi connectivity index (χ0) is 15.8. The zero-order valence-corrected chi connectivity index (χ0v) is 14.3. The number of nitrogens with zero attached hydrogens (tertiary/aromatic N) is 6. The van der Waals surface area contributed by atoms with Gasteiger partial charge in [-0.3, -0.25) is 4.79 Å². The Balaban J connectivity index is 1.34. The van der Waals surface area contributed by atoms with E-state index in [4.69, 9.17) is 0 Å². The Bertz CT molecular complexity index is 698. The van der Waals surface area contributed by atoms with Crippen molar-refractivity contribution in [3.05, 3.63) is 10.8 Å². The Kier molecular flexibility index (Phi) is 4.02. The van der Waals surface area contributed by atoms with Crippen molar-refractivity contribution in [3.63, 3.8) is 0 Å². The van der Waals surface area contributed by atoms with Crippen LogP contribution in [0.25, 0.3) is 4.96 Å². The standard InChI is InChI=1S/C15H22N6OS/c1-2-19-7-9-20(10-8-19)13(22)6-5-12-18-21-14(11-3-4-11)16-17-15(21)23-12/h11H,2-10H2,1H3. The van der Waals surface area contributed by atoms with Crippen molar-refractivity contribution in [3.8, 4) is 0 Å². The van der Waals surface area contributed by atoms with E-state index in [0.717, 1.165) is 48.5 Å². The number of hydrogen-bond donors (Lipinski definition) is 0. The van der Waals surface area contributed by atoms with Crippen LogP contribution in [-0.4, -0.2) is 68.2 Å². The third kappa shape index (κ3) is 3.10. The highest BCUT2D eigenvalue weighted by Gasteiger charge is 2.30.